The third-order valence-electron chi connectivity index (χ3n) is 3.21. The molecule has 0 saturated carbocycles. The van der Waals surface area contributed by atoms with Crippen LogP contribution in [0.4, 0.5) is 0 Å². The number of nitrogens with zero attached hydrogens (tertiary/aromatic N) is 3. The SMILES string of the molecule is Cc1csc(/C(C#N)=C/c2ccc(OCc3csc(C)n3)cc2)n1. The first-order valence-corrected chi connectivity index (χ1v) is 9.08. The molecule has 0 radical (unpaired) electrons. The van der Waals surface area contributed by atoms with Crippen LogP contribution in [0.15, 0.2) is 35.0 Å². The quantitative estimate of drug-likeness (QED) is 0.615. The highest BCUT2D eigenvalue weighted by Crippen LogP contribution is 2.23. The van der Waals surface area contributed by atoms with Crippen LogP contribution in [0.3, 0.4) is 0 Å². The molecule has 6 heteroatoms. The van der Waals surface area contributed by atoms with Crippen molar-refractivity contribution in [3.8, 4) is 11.8 Å². The maximum Gasteiger partial charge on any atom is 0.134 e. The largest absolute Gasteiger partial charge is 0.487 e. The van der Waals surface area contributed by atoms with Crippen LogP contribution in [0.2, 0.25) is 0 Å². The summed E-state index contributed by atoms with van der Waals surface area (Å²) < 4.78 is 5.73. The van der Waals surface area contributed by atoms with Crippen molar-refractivity contribution >= 4 is 34.3 Å². The monoisotopic (exact) mass is 353 g/mol. The van der Waals surface area contributed by atoms with Crippen molar-refractivity contribution in [2.45, 2.75) is 20.5 Å². The topological polar surface area (TPSA) is 58.8 Å². The van der Waals surface area contributed by atoms with Gasteiger partial charge in [0.15, 0.2) is 0 Å². The fourth-order valence-corrected chi connectivity index (χ4v) is 3.44. The van der Waals surface area contributed by atoms with Gasteiger partial charge in [0.1, 0.15) is 23.4 Å². The van der Waals surface area contributed by atoms with Crippen molar-refractivity contribution in [2.75, 3.05) is 0 Å². The van der Waals surface area contributed by atoms with E-state index < -0.39 is 0 Å². The van der Waals surface area contributed by atoms with Crippen LogP contribution < -0.4 is 4.74 Å². The summed E-state index contributed by atoms with van der Waals surface area (Å²) in [5, 5.41) is 15.1. The van der Waals surface area contributed by atoms with E-state index in [9.17, 15) is 5.26 Å². The van der Waals surface area contributed by atoms with Gasteiger partial charge in [0.05, 0.1) is 16.3 Å². The average Bonchev–Trinajstić information content (AvgIpc) is 3.20. The second kappa shape index (κ2) is 7.39. The van der Waals surface area contributed by atoms with E-state index in [0.29, 0.717) is 12.2 Å². The first-order valence-electron chi connectivity index (χ1n) is 7.32. The molecule has 2 heterocycles. The first-order chi connectivity index (χ1) is 11.6. The smallest absolute Gasteiger partial charge is 0.134 e. The van der Waals surface area contributed by atoms with Crippen molar-refractivity contribution in [2.24, 2.45) is 0 Å². The van der Waals surface area contributed by atoms with E-state index in [1.54, 1.807) is 11.3 Å². The summed E-state index contributed by atoms with van der Waals surface area (Å²) >= 11 is 3.10. The number of hydrogen-bond donors (Lipinski definition) is 0. The number of hydrogen-bond acceptors (Lipinski definition) is 6. The van der Waals surface area contributed by atoms with Crippen LogP contribution in [-0.4, -0.2) is 9.97 Å². The Hall–Kier alpha value is -2.49. The van der Waals surface area contributed by atoms with Crippen LogP contribution in [0.5, 0.6) is 5.75 Å². The van der Waals surface area contributed by atoms with E-state index >= 15 is 0 Å². The Morgan fingerprint density at radius 3 is 2.54 bits per heavy atom. The Balaban J connectivity index is 1.69. The normalized spacial score (nSPS) is 11.3. The van der Waals surface area contributed by atoms with Crippen molar-refractivity contribution < 1.29 is 4.74 Å². The lowest BCUT2D eigenvalue weighted by Crippen LogP contribution is -1.95. The second-order valence-electron chi connectivity index (χ2n) is 5.18. The maximum atomic E-state index is 9.33. The van der Waals surface area contributed by atoms with Gasteiger partial charge in [-0.2, -0.15) is 5.26 Å². The van der Waals surface area contributed by atoms with Crippen LogP contribution in [-0.2, 0) is 6.61 Å². The number of aromatic nitrogens is 2. The molecule has 0 saturated heterocycles. The van der Waals surface area contributed by atoms with E-state index in [1.165, 1.54) is 11.3 Å². The minimum Gasteiger partial charge on any atom is -0.487 e. The van der Waals surface area contributed by atoms with Crippen LogP contribution in [0, 0.1) is 25.2 Å². The fourth-order valence-electron chi connectivity index (χ4n) is 2.08. The molecule has 0 N–H and O–H groups in total. The summed E-state index contributed by atoms with van der Waals surface area (Å²) in [6.45, 7) is 4.36. The second-order valence-corrected chi connectivity index (χ2v) is 7.10. The average molecular weight is 353 g/mol. The maximum absolute atomic E-state index is 9.33. The van der Waals surface area contributed by atoms with Gasteiger partial charge in [-0.25, -0.2) is 9.97 Å². The van der Waals surface area contributed by atoms with Gasteiger partial charge in [0, 0.05) is 16.5 Å². The third-order valence-corrected chi connectivity index (χ3v) is 5.03. The van der Waals surface area contributed by atoms with Crippen molar-refractivity contribution in [1.82, 2.24) is 9.97 Å². The Kier molecular flexibility index (Phi) is 5.04. The van der Waals surface area contributed by atoms with Gasteiger partial charge in [0.2, 0.25) is 0 Å². The van der Waals surface area contributed by atoms with Gasteiger partial charge in [-0.15, -0.1) is 22.7 Å². The van der Waals surface area contributed by atoms with Crippen LogP contribution >= 0.6 is 22.7 Å². The summed E-state index contributed by atoms with van der Waals surface area (Å²) in [7, 11) is 0. The number of allylic oxidation sites excluding steroid dienone is 1. The van der Waals surface area contributed by atoms with E-state index in [0.717, 1.165) is 32.7 Å². The summed E-state index contributed by atoms with van der Waals surface area (Å²) in [5.41, 5.74) is 3.38. The Bertz CT molecular complexity index is 901. The van der Waals surface area contributed by atoms with Crippen molar-refractivity contribution in [3.05, 3.63) is 62.0 Å². The lowest BCUT2D eigenvalue weighted by Gasteiger charge is -2.04. The van der Waals surface area contributed by atoms with E-state index in [2.05, 4.69) is 16.0 Å². The van der Waals surface area contributed by atoms with Gasteiger partial charge in [-0.3, -0.25) is 0 Å². The number of benzene rings is 1. The number of ether oxygens (including phenoxy) is 1. The highest BCUT2D eigenvalue weighted by atomic mass is 32.1. The molecule has 0 aliphatic heterocycles. The van der Waals surface area contributed by atoms with Gasteiger partial charge < -0.3 is 4.74 Å². The molecule has 3 aromatic rings. The number of thiazole rings is 2. The molecule has 4 nitrogen and oxygen atoms in total. The molecule has 3 rings (SSSR count). The number of nitriles is 1. The molecule has 2 aromatic heterocycles. The van der Waals surface area contributed by atoms with Gasteiger partial charge in [-0.1, -0.05) is 12.1 Å². The molecular weight excluding hydrogens is 338 g/mol. The third kappa shape index (κ3) is 4.07. The molecule has 0 amide bonds. The molecule has 0 unspecified atom stereocenters. The predicted octanol–water partition coefficient (Wildman–Crippen LogP) is 4.86. The zero-order valence-corrected chi connectivity index (χ0v) is 14.9. The van der Waals surface area contributed by atoms with Crippen molar-refractivity contribution in [3.63, 3.8) is 0 Å². The highest BCUT2D eigenvalue weighted by Gasteiger charge is 2.06. The first kappa shape index (κ1) is 16.4. The summed E-state index contributed by atoms with van der Waals surface area (Å²) in [6.07, 6.45) is 1.84. The van der Waals surface area contributed by atoms with E-state index in [4.69, 9.17) is 4.74 Å². The van der Waals surface area contributed by atoms with Gasteiger partial charge in [-0.05, 0) is 37.6 Å². The van der Waals surface area contributed by atoms with Gasteiger partial charge >= 0.3 is 0 Å². The molecule has 0 atom stereocenters. The van der Waals surface area contributed by atoms with Crippen molar-refractivity contribution in [1.29, 1.82) is 5.26 Å². The molecule has 0 aliphatic rings. The number of rotatable bonds is 5. The molecule has 120 valence electrons. The molecule has 0 spiro atoms. The molecule has 0 bridgehead atoms. The molecule has 24 heavy (non-hydrogen) atoms. The summed E-state index contributed by atoms with van der Waals surface area (Å²) in [5.74, 6) is 0.779. The fraction of sp³-hybridized carbons (Fsp3) is 0.167. The van der Waals surface area contributed by atoms with Crippen LogP contribution in [0.25, 0.3) is 11.6 Å². The molecular formula is C18H15N3OS2. The molecule has 0 aliphatic carbocycles. The highest BCUT2D eigenvalue weighted by molar-refractivity contribution is 7.11. The zero-order chi connectivity index (χ0) is 16.9. The zero-order valence-electron chi connectivity index (χ0n) is 13.3. The standard InChI is InChI=1S/C18H15N3OS2/c1-12-10-24-18(20-12)15(8-19)7-14-3-5-17(6-4-14)22-9-16-11-23-13(2)21-16/h3-7,10-11H,9H2,1-2H3/b15-7+. The Morgan fingerprint density at radius 1 is 1.17 bits per heavy atom. The Labute approximate surface area is 148 Å². The summed E-state index contributed by atoms with van der Waals surface area (Å²) in [4.78, 5) is 8.73. The number of aryl methyl sites for hydroxylation is 2. The van der Waals surface area contributed by atoms with Gasteiger partial charge in [0.25, 0.3) is 0 Å². The van der Waals surface area contributed by atoms with Crippen LogP contribution in [0.1, 0.15) is 27.0 Å². The summed E-state index contributed by atoms with van der Waals surface area (Å²) in [6, 6.07) is 9.87. The minimum atomic E-state index is 0.460. The lowest BCUT2D eigenvalue weighted by atomic mass is 10.1. The lowest BCUT2D eigenvalue weighted by molar-refractivity contribution is 0.302. The van der Waals surface area contributed by atoms with E-state index in [1.807, 2.05) is 54.9 Å². The molecule has 0 fully saturated rings. The predicted molar refractivity (Wildman–Crippen MR) is 98.0 cm³/mol. The minimum absolute atomic E-state index is 0.460. The van der Waals surface area contributed by atoms with E-state index in [-0.39, 0.29) is 0 Å². The Morgan fingerprint density at radius 2 is 1.96 bits per heavy atom. The molecule has 1 aromatic carbocycles.